The molecule has 2 atom stereocenters. The van der Waals surface area contributed by atoms with Crippen LogP contribution in [-0.4, -0.2) is 53.6 Å². The lowest BCUT2D eigenvalue weighted by Crippen LogP contribution is -2.54. The average Bonchev–Trinajstić information content (AvgIpc) is 2.54. The van der Waals surface area contributed by atoms with Gasteiger partial charge in [-0.1, -0.05) is 34.4 Å². The summed E-state index contributed by atoms with van der Waals surface area (Å²) in [6.45, 7) is 7.81. The third-order valence-corrected chi connectivity index (χ3v) is 5.07. The van der Waals surface area contributed by atoms with Gasteiger partial charge in [-0.05, 0) is 33.1 Å². The van der Waals surface area contributed by atoms with Crippen LogP contribution in [0.15, 0.2) is 5.16 Å². The van der Waals surface area contributed by atoms with E-state index in [0.717, 1.165) is 31.0 Å². The van der Waals surface area contributed by atoms with Gasteiger partial charge in [0.2, 0.25) is 5.90 Å². The van der Waals surface area contributed by atoms with E-state index in [4.69, 9.17) is 14.3 Å². The average molecular weight is 391 g/mol. The summed E-state index contributed by atoms with van der Waals surface area (Å²) >= 11 is 3.41. The van der Waals surface area contributed by atoms with Crippen molar-refractivity contribution in [3.8, 4) is 0 Å². The number of alkyl halides is 1. The van der Waals surface area contributed by atoms with Gasteiger partial charge in [0, 0.05) is 23.3 Å². The molecule has 0 aromatic heterocycles. The number of oxime groups is 1. The summed E-state index contributed by atoms with van der Waals surface area (Å²) in [5.41, 5.74) is -0.292. The molecule has 1 saturated heterocycles. The molecule has 2 unspecified atom stereocenters. The predicted molar refractivity (Wildman–Crippen MR) is 91.8 cm³/mol. The van der Waals surface area contributed by atoms with Gasteiger partial charge in [-0.2, -0.15) is 0 Å². The van der Waals surface area contributed by atoms with Crippen molar-refractivity contribution in [2.24, 2.45) is 11.1 Å². The number of ether oxygens (including phenoxy) is 2. The fourth-order valence-corrected chi connectivity index (χ4v) is 3.31. The summed E-state index contributed by atoms with van der Waals surface area (Å²) in [5, 5.41) is 4.81. The van der Waals surface area contributed by atoms with E-state index < -0.39 is 0 Å². The second kappa shape index (κ2) is 8.22. The first-order chi connectivity index (χ1) is 11.0. The van der Waals surface area contributed by atoms with Crippen LogP contribution in [0.5, 0.6) is 0 Å². The zero-order valence-electron chi connectivity index (χ0n) is 14.2. The number of likely N-dealkylation sites (tertiary alicyclic amines) is 1. The Morgan fingerprint density at radius 1 is 1.52 bits per heavy atom. The van der Waals surface area contributed by atoms with E-state index in [1.165, 1.54) is 0 Å². The molecule has 0 aromatic rings. The molecular formula is C16H27BrN2O4. The van der Waals surface area contributed by atoms with Crippen molar-refractivity contribution in [3.05, 3.63) is 0 Å². The number of carbonyl (C=O) groups excluding carboxylic acids is 1. The lowest BCUT2D eigenvalue weighted by Gasteiger charge is -2.45. The molecule has 7 heteroatoms. The summed E-state index contributed by atoms with van der Waals surface area (Å²) in [7, 11) is 0. The maximum atomic E-state index is 12.3. The van der Waals surface area contributed by atoms with Crippen LogP contribution in [0.25, 0.3) is 0 Å². The van der Waals surface area contributed by atoms with E-state index in [1.807, 2.05) is 4.90 Å². The Hall–Kier alpha value is -0.980. The third-order valence-electron chi connectivity index (χ3n) is 4.35. The number of hydrogen-bond donors (Lipinski definition) is 0. The number of nitrogens with zero attached hydrogens (tertiary/aromatic N) is 2. The number of halogens is 1. The zero-order chi connectivity index (χ0) is 16.9. The number of amides is 1. The Morgan fingerprint density at radius 2 is 2.30 bits per heavy atom. The highest BCUT2D eigenvalue weighted by Gasteiger charge is 2.41. The van der Waals surface area contributed by atoms with Crippen molar-refractivity contribution in [3.63, 3.8) is 0 Å². The Kier molecular flexibility index (Phi) is 6.56. The van der Waals surface area contributed by atoms with Crippen LogP contribution in [0.1, 0.15) is 46.5 Å². The van der Waals surface area contributed by atoms with Crippen LogP contribution in [-0.2, 0) is 14.3 Å². The second-order valence-corrected chi connectivity index (χ2v) is 7.39. The minimum absolute atomic E-state index is 0.00245. The van der Waals surface area contributed by atoms with Gasteiger partial charge in [0.05, 0.1) is 6.61 Å². The van der Waals surface area contributed by atoms with Gasteiger partial charge in [-0.3, -0.25) is 0 Å². The standard InChI is InChI=1S/C16H27BrN2O4/c1-4-5-8-21-15(20)19-7-6-12(9-16(19,2)3)14-18-22-11-13(10-17)23-14/h12-13H,4-11H2,1-3H3. The molecule has 0 spiro atoms. The number of carbonyl (C=O) groups is 1. The molecule has 0 bridgehead atoms. The molecule has 6 nitrogen and oxygen atoms in total. The number of unbranched alkanes of at least 4 members (excludes halogenated alkanes) is 1. The van der Waals surface area contributed by atoms with Crippen LogP contribution in [0, 0.1) is 5.92 Å². The summed E-state index contributed by atoms with van der Waals surface area (Å²) < 4.78 is 11.3. The topological polar surface area (TPSA) is 60.4 Å². The molecule has 0 radical (unpaired) electrons. The molecule has 132 valence electrons. The van der Waals surface area contributed by atoms with Gasteiger partial charge >= 0.3 is 6.09 Å². The maximum Gasteiger partial charge on any atom is 0.410 e. The Balaban J connectivity index is 1.94. The first-order valence-corrected chi connectivity index (χ1v) is 9.47. The quantitative estimate of drug-likeness (QED) is 0.531. The summed E-state index contributed by atoms with van der Waals surface area (Å²) in [5.74, 6) is 0.833. The van der Waals surface area contributed by atoms with E-state index in [2.05, 4.69) is 41.9 Å². The molecule has 0 aromatic carbocycles. The largest absolute Gasteiger partial charge is 0.470 e. The predicted octanol–water partition coefficient (Wildman–Crippen LogP) is 3.54. The molecule has 2 heterocycles. The summed E-state index contributed by atoms with van der Waals surface area (Å²) in [6.07, 6.45) is 3.30. The minimum atomic E-state index is -0.292. The highest BCUT2D eigenvalue weighted by molar-refractivity contribution is 9.09. The number of rotatable bonds is 5. The van der Waals surface area contributed by atoms with Crippen LogP contribution in [0.3, 0.4) is 0 Å². The van der Waals surface area contributed by atoms with Crippen LogP contribution < -0.4 is 0 Å². The molecular weight excluding hydrogens is 364 g/mol. The summed E-state index contributed by atoms with van der Waals surface area (Å²) in [6, 6.07) is 0. The Labute approximate surface area is 146 Å². The van der Waals surface area contributed by atoms with E-state index in [9.17, 15) is 4.79 Å². The van der Waals surface area contributed by atoms with Gasteiger partial charge in [-0.25, -0.2) is 4.79 Å². The molecule has 1 fully saturated rings. The van der Waals surface area contributed by atoms with Gasteiger partial charge in [0.15, 0.2) is 6.61 Å². The minimum Gasteiger partial charge on any atom is -0.470 e. The fraction of sp³-hybridized carbons (Fsp3) is 0.875. The fourth-order valence-electron chi connectivity index (χ4n) is 2.99. The van der Waals surface area contributed by atoms with Crippen LogP contribution in [0.2, 0.25) is 0 Å². The van der Waals surface area contributed by atoms with Crippen molar-refractivity contribution >= 4 is 27.9 Å². The molecule has 0 N–H and O–H groups in total. The van der Waals surface area contributed by atoms with Gasteiger partial charge in [-0.15, -0.1) is 0 Å². The molecule has 2 aliphatic heterocycles. The van der Waals surface area contributed by atoms with Gasteiger partial charge in [0.25, 0.3) is 0 Å². The monoisotopic (exact) mass is 390 g/mol. The molecule has 2 rings (SSSR count). The number of hydrogen-bond acceptors (Lipinski definition) is 5. The van der Waals surface area contributed by atoms with Crippen molar-refractivity contribution < 1.29 is 19.1 Å². The highest BCUT2D eigenvalue weighted by Crippen LogP contribution is 2.34. The lowest BCUT2D eigenvalue weighted by molar-refractivity contribution is -0.000526. The van der Waals surface area contributed by atoms with E-state index in [0.29, 0.717) is 25.7 Å². The normalized spacial score (nSPS) is 26.8. The SMILES string of the molecule is CCCCOC(=O)N1CCC(C2=NOCC(CBr)O2)CC1(C)C. The van der Waals surface area contributed by atoms with Crippen molar-refractivity contribution in [1.82, 2.24) is 4.90 Å². The van der Waals surface area contributed by atoms with Crippen molar-refractivity contribution in [2.75, 3.05) is 25.1 Å². The summed E-state index contributed by atoms with van der Waals surface area (Å²) in [4.78, 5) is 19.4. The highest BCUT2D eigenvalue weighted by atomic mass is 79.9. The van der Waals surface area contributed by atoms with Crippen LogP contribution >= 0.6 is 15.9 Å². The van der Waals surface area contributed by atoms with Crippen molar-refractivity contribution in [1.29, 1.82) is 0 Å². The Morgan fingerprint density at radius 3 is 2.96 bits per heavy atom. The zero-order valence-corrected chi connectivity index (χ0v) is 15.8. The maximum absolute atomic E-state index is 12.3. The van der Waals surface area contributed by atoms with E-state index in [-0.39, 0.29) is 23.7 Å². The molecule has 0 saturated carbocycles. The Bertz CT molecular complexity index is 442. The third kappa shape index (κ3) is 4.75. The first kappa shape index (κ1) is 18.4. The van der Waals surface area contributed by atoms with Gasteiger partial charge < -0.3 is 19.2 Å². The smallest absolute Gasteiger partial charge is 0.410 e. The van der Waals surface area contributed by atoms with Crippen molar-refractivity contribution in [2.45, 2.75) is 58.1 Å². The molecule has 0 aliphatic carbocycles. The van der Waals surface area contributed by atoms with Gasteiger partial charge in [0.1, 0.15) is 6.10 Å². The number of piperidine rings is 1. The second-order valence-electron chi connectivity index (χ2n) is 6.74. The van der Waals surface area contributed by atoms with E-state index in [1.54, 1.807) is 0 Å². The molecule has 23 heavy (non-hydrogen) atoms. The van der Waals surface area contributed by atoms with Crippen LogP contribution in [0.4, 0.5) is 4.79 Å². The molecule has 2 aliphatic rings. The first-order valence-electron chi connectivity index (χ1n) is 8.34. The molecule has 1 amide bonds. The van der Waals surface area contributed by atoms with E-state index >= 15 is 0 Å². The lowest BCUT2D eigenvalue weighted by atomic mass is 9.82.